The Kier molecular flexibility index (Phi) is 5.71. The number of hydrogen-bond donors (Lipinski definition) is 1. The number of nitrogens with zero attached hydrogens (tertiary/aromatic N) is 2. The molecule has 0 amide bonds. The Labute approximate surface area is 124 Å². The summed E-state index contributed by atoms with van der Waals surface area (Å²) in [6.45, 7) is 6.90. The Hall–Kier alpha value is -1.23. The van der Waals surface area contributed by atoms with Crippen LogP contribution in [0.1, 0.15) is 25.1 Å². The minimum Gasteiger partial charge on any atom is -0.395 e. The lowest BCUT2D eigenvalue weighted by molar-refractivity contribution is 0.195. The van der Waals surface area contributed by atoms with Gasteiger partial charge in [-0.15, -0.1) is 11.3 Å². The van der Waals surface area contributed by atoms with E-state index in [1.807, 2.05) is 0 Å². The lowest BCUT2D eigenvalue weighted by atomic mass is 10.1. The molecule has 4 heteroatoms. The highest BCUT2D eigenvalue weighted by Gasteiger charge is 2.08. The fourth-order valence-corrected chi connectivity index (χ4v) is 2.93. The second-order valence-electron chi connectivity index (χ2n) is 4.79. The molecule has 0 aliphatic carbocycles. The minimum atomic E-state index is 0.198. The molecule has 108 valence electrons. The molecule has 0 unspecified atom stereocenters. The van der Waals surface area contributed by atoms with Gasteiger partial charge in [0.1, 0.15) is 5.01 Å². The number of aliphatic hydroxyl groups excluding tert-OH is 1. The van der Waals surface area contributed by atoms with Crippen LogP contribution < -0.4 is 0 Å². The van der Waals surface area contributed by atoms with E-state index in [1.165, 1.54) is 11.1 Å². The summed E-state index contributed by atoms with van der Waals surface area (Å²) in [5.41, 5.74) is 3.62. The van der Waals surface area contributed by atoms with Crippen LogP contribution in [-0.4, -0.2) is 34.7 Å². The minimum absolute atomic E-state index is 0.198. The highest BCUT2D eigenvalue weighted by molar-refractivity contribution is 7.13. The van der Waals surface area contributed by atoms with Crippen LogP contribution >= 0.6 is 11.3 Å². The first-order valence-electron chi connectivity index (χ1n) is 7.13. The van der Waals surface area contributed by atoms with E-state index in [0.29, 0.717) is 6.54 Å². The van der Waals surface area contributed by atoms with Crippen LogP contribution in [0.25, 0.3) is 10.6 Å². The van der Waals surface area contributed by atoms with Gasteiger partial charge < -0.3 is 5.11 Å². The maximum atomic E-state index is 9.02. The molecule has 0 aliphatic rings. The molecule has 0 aliphatic heterocycles. The normalized spacial score (nSPS) is 11.2. The highest BCUT2D eigenvalue weighted by Crippen LogP contribution is 2.24. The van der Waals surface area contributed by atoms with Crippen molar-refractivity contribution >= 4 is 11.3 Å². The van der Waals surface area contributed by atoms with Crippen LogP contribution in [0.3, 0.4) is 0 Å². The summed E-state index contributed by atoms with van der Waals surface area (Å²) in [7, 11) is 0. The summed E-state index contributed by atoms with van der Waals surface area (Å²) < 4.78 is 0. The summed E-state index contributed by atoms with van der Waals surface area (Å²) >= 11 is 1.69. The van der Waals surface area contributed by atoms with Crippen LogP contribution in [-0.2, 0) is 13.0 Å². The quantitative estimate of drug-likeness (QED) is 0.851. The van der Waals surface area contributed by atoms with Gasteiger partial charge in [0.2, 0.25) is 0 Å². The second-order valence-corrected chi connectivity index (χ2v) is 5.64. The van der Waals surface area contributed by atoms with Gasteiger partial charge >= 0.3 is 0 Å². The van der Waals surface area contributed by atoms with Gasteiger partial charge in [0.15, 0.2) is 0 Å². The first-order valence-corrected chi connectivity index (χ1v) is 8.01. The van der Waals surface area contributed by atoms with E-state index in [9.17, 15) is 0 Å². The Balaban J connectivity index is 2.07. The molecular formula is C16H22N2OS. The fraction of sp³-hybridized carbons (Fsp3) is 0.438. The molecule has 2 aromatic rings. The predicted octanol–water partition coefficient (Wildman–Crippen LogP) is 3.19. The van der Waals surface area contributed by atoms with Gasteiger partial charge in [0, 0.05) is 24.0 Å². The largest absolute Gasteiger partial charge is 0.395 e. The number of aliphatic hydroxyl groups is 1. The van der Waals surface area contributed by atoms with E-state index < -0.39 is 0 Å². The fourth-order valence-electron chi connectivity index (χ4n) is 2.11. The predicted molar refractivity (Wildman–Crippen MR) is 85.0 cm³/mol. The van der Waals surface area contributed by atoms with Crippen molar-refractivity contribution in [2.24, 2.45) is 0 Å². The van der Waals surface area contributed by atoms with Crippen molar-refractivity contribution < 1.29 is 5.11 Å². The van der Waals surface area contributed by atoms with Gasteiger partial charge in [0.05, 0.1) is 12.3 Å². The lowest BCUT2D eigenvalue weighted by Crippen LogP contribution is -2.26. The molecule has 1 N–H and O–H groups in total. The standard InChI is InChI=1S/C16H22N2OS/c1-3-13-5-7-14(8-6-13)16-17-15(12-20-16)11-18(4-2)9-10-19/h5-8,12,19H,3-4,9-11H2,1-2H3. The monoisotopic (exact) mass is 290 g/mol. The molecule has 0 saturated carbocycles. The van der Waals surface area contributed by atoms with Crippen molar-refractivity contribution in [3.05, 3.63) is 40.9 Å². The van der Waals surface area contributed by atoms with E-state index in [2.05, 4.69) is 48.4 Å². The summed E-state index contributed by atoms with van der Waals surface area (Å²) in [4.78, 5) is 6.89. The maximum Gasteiger partial charge on any atom is 0.123 e. The van der Waals surface area contributed by atoms with Gasteiger partial charge in [0.25, 0.3) is 0 Å². The first-order chi connectivity index (χ1) is 9.76. The van der Waals surface area contributed by atoms with Crippen molar-refractivity contribution in [1.29, 1.82) is 0 Å². The van der Waals surface area contributed by atoms with Gasteiger partial charge in [-0.1, -0.05) is 38.1 Å². The molecular weight excluding hydrogens is 268 g/mol. The van der Waals surface area contributed by atoms with Crippen LogP contribution in [0.2, 0.25) is 0 Å². The summed E-state index contributed by atoms with van der Waals surface area (Å²) in [6.07, 6.45) is 1.07. The molecule has 0 saturated heterocycles. The van der Waals surface area contributed by atoms with E-state index in [4.69, 9.17) is 10.1 Å². The zero-order valence-corrected chi connectivity index (χ0v) is 13.0. The van der Waals surface area contributed by atoms with Crippen molar-refractivity contribution in [3.63, 3.8) is 0 Å². The third kappa shape index (κ3) is 3.88. The summed E-state index contributed by atoms with van der Waals surface area (Å²) in [5.74, 6) is 0. The SMILES string of the molecule is CCc1ccc(-c2nc(CN(CC)CCO)cs2)cc1. The molecule has 0 spiro atoms. The average Bonchev–Trinajstić information content (AvgIpc) is 2.95. The Morgan fingerprint density at radius 2 is 1.95 bits per heavy atom. The molecule has 1 aromatic heterocycles. The number of rotatable bonds is 7. The van der Waals surface area contributed by atoms with Gasteiger partial charge in [-0.25, -0.2) is 4.98 Å². The molecule has 0 fully saturated rings. The topological polar surface area (TPSA) is 36.4 Å². The van der Waals surface area contributed by atoms with E-state index in [-0.39, 0.29) is 6.61 Å². The van der Waals surface area contributed by atoms with Gasteiger partial charge in [-0.3, -0.25) is 4.90 Å². The zero-order valence-electron chi connectivity index (χ0n) is 12.2. The first kappa shape index (κ1) is 15.2. The Morgan fingerprint density at radius 1 is 1.20 bits per heavy atom. The van der Waals surface area contributed by atoms with Crippen molar-refractivity contribution in [1.82, 2.24) is 9.88 Å². The van der Waals surface area contributed by atoms with E-state index >= 15 is 0 Å². The zero-order chi connectivity index (χ0) is 14.4. The molecule has 3 nitrogen and oxygen atoms in total. The van der Waals surface area contributed by atoms with Crippen LogP contribution in [0.4, 0.5) is 0 Å². The number of hydrogen-bond acceptors (Lipinski definition) is 4. The molecule has 1 aromatic carbocycles. The molecule has 0 atom stereocenters. The molecule has 20 heavy (non-hydrogen) atoms. The number of benzene rings is 1. The number of aryl methyl sites for hydroxylation is 1. The number of thiazole rings is 1. The van der Waals surface area contributed by atoms with Gasteiger partial charge in [-0.2, -0.15) is 0 Å². The lowest BCUT2D eigenvalue weighted by Gasteiger charge is -2.17. The third-order valence-corrected chi connectivity index (χ3v) is 4.35. The van der Waals surface area contributed by atoms with Crippen LogP contribution in [0.5, 0.6) is 0 Å². The maximum absolute atomic E-state index is 9.02. The van der Waals surface area contributed by atoms with E-state index in [1.54, 1.807) is 11.3 Å². The molecule has 2 rings (SSSR count). The molecule has 0 radical (unpaired) electrons. The Bertz CT molecular complexity index is 522. The highest BCUT2D eigenvalue weighted by atomic mass is 32.1. The van der Waals surface area contributed by atoms with E-state index in [0.717, 1.165) is 30.2 Å². The summed E-state index contributed by atoms with van der Waals surface area (Å²) in [6, 6.07) is 8.63. The number of likely N-dealkylation sites (N-methyl/N-ethyl adjacent to an activating group) is 1. The van der Waals surface area contributed by atoms with Crippen molar-refractivity contribution in [2.45, 2.75) is 26.8 Å². The third-order valence-electron chi connectivity index (χ3n) is 3.41. The smallest absolute Gasteiger partial charge is 0.123 e. The van der Waals surface area contributed by atoms with Crippen LogP contribution in [0.15, 0.2) is 29.6 Å². The van der Waals surface area contributed by atoms with Crippen molar-refractivity contribution in [2.75, 3.05) is 19.7 Å². The van der Waals surface area contributed by atoms with Crippen molar-refractivity contribution in [3.8, 4) is 10.6 Å². The number of aromatic nitrogens is 1. The second kappa shape index (κ2) is 7.53. The Morgan fingerprint density at radius 3 is 2.55 bits per heavy atom. The average molecular weight is 290 g/mol. The molecule has 0 bridgehead atoms. The molecule has 1 heterocycles. The summed E-state index contributed by atoms with van der Waals surface area (Å²) in [5, 5.41) is 12.2. The van der Waals surface area contributed by atoms with Crippen LogP contribution in [0, 0.1) is 0 Å². The van der Waals surface area contributed by atoms with Gasteiger partial charge in [-0.05, 0) is 18.5 Å².